The summed E-state index contributed by atoms with van der Waals surface area (Å²) in [5.74, 6) is 5.45. The van der Waals surface area contributed by atoms with Gasteiger partial charge in [-0.25, -0.2) is 15.6 Å². The lowest BCUT2D eigenvalue weighted by molar-refractivity contribution is 0.107. The van der Waals surface area contributed by atoms with E-state index < -0.39 is 14.2 Å². The summed E-state index contributed by atoms with van der Waals surface area (Å²) in [5.41, 5.74) is 0. The van der Waals surface area contributed by atoms with E-state index in [4.69, 9.17) is 10.6 Å². The summed E-state index contributed by atoms with van der Waals surface area (Å²) in [6.45, 7) is 9.74. The second kappa shape index (κ2) is 6.03. The number of hydrazine groups is 1. The minimum atomic E-state index is -1.11. The van der Waals surface area contributed by atoms with Gasteiger partial charge in [-0.3, -0.25) is 0 Å². The second-order valence-corrected chi connectivity index (χ2v) is 10.2. The average molecular weight is 218 g/mol. The van der Waals surface area contributed by atoms with Crippen molar-refractivity contribution in [1.29, 1.82) is 0 Å². The zero-order valence-corrected chi connectivity index (χ0v) is 10.7. The number of amides is 1. The molecule has 1 amide bonds. The van der Waals surface area contributed by atoms with Gasteiger partial charge in [-0.05, 0) is 12.5 Å². The van der Waals surface area contributed by atoms with Crippen molar-refractivity contribution in [1.82, 2.24) is 5.01 Å². The number of carbonyl (C=O) groups is 1. The van der Waals surface area contributed by atoms with Gasteiger partial charge in [0.05, 0.1) is 6.61 Å². The average Bonchev–Trinajstić information content (AvgIpc) is 2.02. The van der Waals surface area contributed by atoms with Gasteiger partial charge in [0.1, 0.15) is 0 Å². The Morgan fingerprint density at radius 3 is 2.43 bits per heavy atom. The Balaban J connectivity index is 3.64. The van der Waals surface area contributed by atoms with Gasteiger partial charge in [-0.2, -0.15) is 0 Å². The van der Waals surface area contributed by atoms with Gasteiger partial charge in [0, 0.05) is 14.6 Å². The maximum Gasteiger partial charge on any atom is 0.424 e. The summed E-state index contributed by atoms with van der Waals surface area (Å²) in [6, 6.07) is 0.985. The molecule has 0 unspecified atom stereocenters. The Bertz CT molecular complexity index is 180. The lowest BCUT2D eigenvalue weighted by atomic mass is 10.5. The quantitative estimate of drug-likeness (QED) is 0.332. The first-order valence-corrected chi connectivity index (χ1v) is 8.76. The minimum Gasteiger partial charge on any atom is -0.449 e. The summed E-state index contributed by atoms with van der Waals surface area (Å²) in [4.78, 5) is 11.2. The maximum atomic E-state index is 11.2. The van der Waals surface area contributed by atoms with E-state index in [1.54, 1.807) is 0 Å². The Kier molecular flexibility index (Phi) is 5.79. The van der Waals surface area contributed by atoms with E-state index in [2.05, 4.69) is 19.6 Å². The van der Waals surface area contributed by atoms with Crippen molar-refractivity contribution in [3.05, 3.63) is 0 Å². The Hall–Kier alpha value is -0.553. The van der Waals surface area contributed by atoms with E-state index in [0.717, 1.165) is 17.5 Å². The highest BCUT2D eigenvalue weighted by Gasteiger charge is 2.15. The molecule has 0 aromatic rings. The molecule has 0 aliphatic carbocycles. The normalized spacial score (nSPS) is 11.2. The highest BCUT2D eigenvalue weighted by atomic mass is 28.3. The third-order valence-corrected chi connectivity index (χ3v) is 3.48. The van der Waals surface area contributed by atoms with Crippen LogP contribution in [0, 0.1) is 0 Å². The lowest BCUT2D eigenvalue weighted by Crippen LogP contribution is -2.39. The molecule has 84 valence electrons. The Labute approximate surface area is 87.4 Å². The highest BCUT2D eigenvalue weighted by Crippen LogP contribution is 2.07. The number of nitrogens with two attached hydrogens (primary N) is 1. The molecule has 0 heterocycles. The number of ether oxygens (including phenoxy) is 1. The van der Waals surface area contributed by atoms with E-state index in [0.29, 0.717) is 13.2 Å². The number of hydrogen-bond acceptors (Lipinski definition) is 3. The predicted molar refractivity (Wildman–Crippen MR) is 60.7 cm³/mol. The SMILES string of the molecule is CCCN(N)C(=O)OCC[Si](C)(C)C. The van der Waals surface area contributed by atoms with Gasteiger partial charge in [0.25, 0.3) is 0 Å². The largest absolute Gasteiger partial charge is 0.449 e. The van der Waals surface area contributed by atoms with E-state index in [1.165, 1.54) is 0 Å². The molecule has 0 aromatic heterocycles. The summed E-state index contributed by atoms with van der Waals surface area (Å²) >= 11 is 0. The van der Waals surface area contributed by atoms with E-state index in [9.17, 15) is 4.79 Å². The van der Waals surface area contributed by atoms with Crippen LogP contribution in [-0.4, -0.2) is 32.3 Å². The summed E-state index contributed by atoms with van der Waals surface area (Å²) in [6.07, 6.45) is 0.435. The van der Waals surface area contributed by atoms with Crippen molar-refractivity contribution in [3.63, 3.8) is 0 Å². The molecule has 0 fully saturated rings. The van der Waals surface area contributed by atoms with Crippen molar-refractivity contribution in [3.8, 4) is 0 Å². The van der Waals surface area contributed by atoms with Gasteiger partial charge in [0.15, 0.2) is 0 Å². The zero-order chi connectivity index (χ0) is 11.2. The molecule has 0 saturated heterocycles. The zero-order valence-electron chi connectivity index (χ0n) is 9.67. The highest BCUT2D eigenvalue weighted by molar-refractivity contribution is 6.76. The van der Waals surface area contributed by atoms with Crippen LogP contribution < -0.4 is 5.84 Å². The molecule has 0 bridgehead atoms. The van der Waals surface area contributed by atoms with Crippen molar-refractivity contribution in [2.45, 2.75) is 39.0 Å². The molecule has 5 heteroatoms. The van der Waals surface area contributed by atoms with E-state index in [1.807, 2.05) is 6.92 Å². The van der Waals surface area contributed by atoms with E-state index in [-0.39, 0.29) is 0 Å². The molecule has 14 heavy (non-hydrogen) atoms. The van der Waals surface area contributed by atoms with Gasteiger partial charge >= 0.3 is 6.09 Å². The van der Waals surface area contributed by atoms with Crippen LogP contribution in [0.1, 0.15) is 13.3 Å². The lowest BCUT2D eigenvalue weighted by Gasteiger charge is -2.18. The molecule has 4 nitrogen and oxygen atoms in total. The molecule has 0 saturated carbocycles. The van der Waals surface area contributed by atoms with Gasteiger partial charge in [-0.15, -0.1) is 0 Å². The summed E-state index contributed by atoms with van der Waals surface area (Å²) < 4.78 is 5.03. The van der Waals surface area contributed by atoms with Crippen LogP contribution in [0.3, 0.4) is 0 Å². The Morgan fingerprint density at radius 1 is 1.43 bits per heavy atom. The Morgan fingerprint density at radius 2 is 2.00 bits per heavy atom. The smallest absolute Gasteiger partial charge is 0.424 e. The maximum absolute atomic E-state index is 11.2. The fourth-order valence-electron chi connectivity index (χ4n) is 0.860. The first-order valence-electron chi connectivity index (χ1n) is 5.06. The van der Waals surface area contributed by atoms with Crippen LogP contribution in [0.2, 0.25) is 25.7 Å². The third kappa shape index (κ3) is 6.91. The fraction of sp³-hybridized carbons (Fsp3) is 0.889. The topological polar surface area (TPSA) is 55.6 Å². The van der Waals surface area contributed by atoms with Gasteiger partial charge in [0.2, 0.25) is 0 Å². The van der Waals surface area contributed by atoms with Crippen molar-refractivity contribution in [2.75, 3.05) is 13.2 Å². The van der Waals surface area contributed by atoms with Crippen LogP contribution in [0.4, 0.5) is 4.79 Å². The molecule has 0 aliphatic heterocycles. The van der Waals surface area contributed by atoms with Crippen LogP contribution in [-0.2, 0) is 4.74 Å². The number of nitrogens with zero attached hydrogens (tertiary/aromatic N) is 1. The molecule has 0 radical (unpaired) electrons. The third-order valence-electron chi connectivity index (χ3n) is 1.78. The van der Waals surface area contributed by atoms with Crippen LogP contribution >= 0.6 is 0 Å². The first-order chi connectivity index (χ1) is 6.37. The minimum absolute atomic E-state index is 0.412. The fourth-order valence-corrected chi connectivity index (χ4v) is 1.57. The molecule has 0 aromatic carbocycles. The summed E-state index contributed by atoms with van der Waals surface area (Å²) in [7, 11) is -1.11. The molecular formula is C9H22N2O2Si. The van der Waals surface area contributed by atoms with Crippen LogP contribution in [0.15, 0.2) is 0 Å². The molecule has 0 aliphatic rings. The number of rotatable bonds is 5. The molecular weight excluding hydrogens is 196 g/mol. The van der Waals surface area contributed by atoms with E-state index >= 15 is 0 Å². The van der Waals surface area contributed by atoms with Crippen molar-refractivity contribution in [2.24, 2.45) is 5.84 Å². The predicted octanol–water partition coefficient (Wildman–Crippen LogP) is 2.05. The van der Waals surface area contributed by atoms with Gasteiger partial charge in [-0.1, -0.05) is 26.6 Å². The molecule has 0 spiro atoms. The van der Waals surface area contributed by atoms with Gasteiger partial charge < -0.3 is 4.74 Å². The standard InChI is InChI=1S/C9H22N2O2Si/c1-5-6-11(10)9(12)13-7-8-14(2,3)4/h5-8,10H2,1-4H3. The van der Waals surface area contributed by atoms with Crippen LogP contribution in [0.5, 0.6) is 0 Å². The molecule has 0 rings (SSSR count). The molecule has 2 N–H and O–H groups in total. The second-order valence-electron chi connectivity index (χ2n) is 4.62. The number of hydrogen-bond donors (Lipinski definition) is 1. The van der Waals surface area contributed by atoms with Crippen molar-refractivity contribution < 1.29 is 9.53 Å². The number of carbonyl (C=O) groups excluding carboxylic acids is 1. The van der Waals surface area contributed by atoms with Crippen LogP contribution in [0.25, 0.3) is 0 Å². The summed E-state index contributed by atoms with van der Waals surface area (Å²) in [5, 5.41) is 1.13. The monoisotopic (exact) mass is 218 g/mol. The molecule has 0 atom stereocenters. The van der Waals surface area contributed by atoms with Crippen molar-refractivity contribution >= 4 is 14.2 Å². The first kappa shape index (κ1) is 13.4.